The first-order valence-electron chi connectivity index (χ1n) is 10.2. The van der Waals surface area contributed by atoms with E-state index >= 15 is 0 Å². The van der Waals surface area contributed by atoms with Crippen LogP contribution < -0.4 is 5.32 Å². The molecule has 0 saturated carbocycles. The second-order valence-corrected chi connectivity index (χ2v) is 7.63. The average molecular weight is 386 g/mol. The Morgan fingerprint density at radius 3 is 2.21 bits per heavy atom. The molecule has 2 saturated heterocycles. The summed E-state index contributed by atoms with van der Waals surface area (Å²) >= 11 is 0. The Morgan fingerprint density at radius 2 is 1.57 bits per heavy atom. The lowest BCUT2D eigenvalue weighted by molar-refractivity contribution is -0.132. The molecular weight excluding hydrogens is 356 g/mol. The molecule has 28 heavy (non-hydrogen) atoms. The standard InChI is InChI=1S/C21H30N4O3/c1-17(26)18-7-6-8-19(15-18)22-21(28)25-13-11-23(12-14-25)16-20(27)24-9-4-2-3-5-10-24/h6-8,15H,2-5,9-14,16H2,1H3,(H,22,28). The molecule has 0 bridgehead atoms. The maximum atomic E-state index is 12.5. The fourth-order valence-electron chi connectivity index (χ4n) is 3.74. The first-order chi connectivity index (χ1) is 13.5. The van der Waals surface area contributed by atoms with Crippen molar-refractivity contribution in [3.8, 4) is 0 Å². The molecule has 0 atom stereocenters. The van der Waals surface area contributed by atoms with Crippen LogP contribution >= 0.6 is 0 Å². The summed E-state index contributed by atoms with van der Waals surface area (Å²) in [7, 11) is 0. The van der Waals surface area contributed by atoms with Gasteiger partial charge in [0.05, 0.1) is 6.54 Å². The zero-order chi connectivity index (χ0) is 19.9. The summed E-state index contributed by atoms with van der Waals surface area (Å²) in [5.74, 6) is 0.180. The highest BCUT2D eigenvalue weighted by Gasteiger charge is 2.24. The average Bonchev–Trinajstić information content (AvgIpc) is 2.98. The van der Waals surface area contributed by atoms with Gasteiger partial charge in [-0.1, -0.05) is 25.0 Å². The molecule has 1 N–H and O–H groups in total. The summed E-state index contributed by atoms with van der Waals surface area (Å²) in [5.41, 5.74) is 1.20. The summed E-state index contributed by atoms with van der Waals surface area (Å²) in [6.45, 7) is 6.27. The van der Waals surface area contributed by atoms with Crippen molar-refractivity contribution in [2.75, 3.05) is 51.1 Å². The molecule has 2 aliphatic rings. The molecule has 0 unspecified atom stereocenters. The number of ketones is 1. The Bertz CT molecular complexity index is 705. The molecule has 0 spiro atoms. The zero-order valence-corrected chi connectivity index (χ0v) is 16.7. The van der Waals surface area contributed by atoms with Gasteiger partial charge in [0.25, 0.3) is 0 Å². The minimum Gasteiger partial charge on any atom is -0.342 e. The van der Waals surface area contributed by atoms with Crippen LogP contribution in [0, 0.1) is 0 Å². The molecule has 3 amide bonds. The van der Waals surface area contributed by atoms with Crippen molar-refractivity contribution >= 4 is 23.4 Å². The van der Waals surface area contributed by atoms with Gasteiger partial charge in [-0.2, -0.15) is 0 Å². The summed E-state index contributed by atoms with van der Waals surface area (Å²) in [6.07, 6.45) is 4.63. The Hall–Kier alpha value is -2.41. The van der Waals surface area contributed by atoms with Gasteiger partial charge in [0.15, 0.2) is 5.78 Å². The van der Waals surface area contributed by atoms with Gasteiger partial charge in [-0.05, 0) is 31.9 Å². The van der Waals surface area contributed by atoms with E-state index in [1.807, 2.05) is 4.90 Å². The molecule has 2 aliphatic heterocycles. The maximum Gasteiger partial charge on any atom is 0.321 e. The van der Waals surface area contributed by atoms with E-state index in [1.54, 1.807) is 29.2 Å². The van der Waals surface area contributed by atoms with Crippen LogP contribution in [-0.4, -0.2) is 78.2 Å². The van der Waals surface area contributed by atoms with Crippen molar-refractivity contribution in [2.45, 2.75) is 32.6 Å². The van der Waals surface area contributed by atoms with Gasteiger partial charge in [0.2, 0.25) is 5.91 Å². The second kappa shape index (κ2) is 9.68. The van der Waals surface area contributed by atoms with E-state index in [9.17, 15) is 14.4 Å². The van der Waals surface area contributed by atoms with E-state index in [0.717, 1.165) is 25.9 Å². The minimum atomic E-state index is -0.167. The maximum absolute atomic E-state index is 12.5. The molecule has 1 aromatic carbocycles. The number of benzene rings is 1. The van der Waals surface area contributed by atoms with Crippen LogP contribution in [0.1, 0.15) is 43.0 Å². The quantitative estimate of drug-likeness (QED) is 0.807. The first-order valence-corrected chi connectivity index (χ1v) is 10.2. The van der Waals surface area contributed by atoms with E-state index in [-0.39, 0.29) is 17.7 Å². The first kappa shape index (κ1) is 20.3. The molecule has 0 radical (unpaired) electrons. The third kappa shape index (κ3) is 5.55. The number of nitrogens with one attached hydrogen (secondary N) is 1. The van der Waals surface area contributed by atoms with Gasteiger partial charge in [0.1, 0.15) is 0 Å². The van der Waals surface area contributed by atoms with Gasteiger partial charge in [-0.3, -0.25) is 14.5 Å². The third-order valence-electron chi connectivity index (χ3n) is 5.50. The van der Waals surface area contributed by atoms with Crippen molar-refractivity contribution in [1.82, 2.24) is 14.7 Å². The lowest BCUT2D eigenvalue weighted by Gasteiger charge is -2.35. The number of likely N-dealkylation sites (tertiary alicyclic amines) is 1. The number of rotatable bonds is 4. The number of hydrogen-bond acceptors (Lipinski definition) is 4. The predicted molar refractivity (Wildman–Crippen MR) is 109 cm³/mol. The summed E-state index contributed by atoms with van der Waals surface area (Å²) in [6, 6.07) is 6.80. The van der Waals surface area contributed by atoms with Crippen LogP contribution in [0.2, 0.25) is 0 Å². The number of amides is 3. The molecule has 0 aliphatic carbocycles. The molecule has 7 nitrogen and oxygen atoms in total. The van der Waals surface area contributed by atoms with Crippen LogP contribution in [-0.2, 0) is 4.79 Å². The Balaban J connectivity index is 1.45. The molecule has 0 aromatic heterocycles. The number of piperazine rings is 1. The van der Waals surface area contributed by atoms with E-state index in [2.05, 4.69) is 10.2 Å². The molecule has 1 aromatic rings. The normalized spacial score (nSPS) is 18.5. The number of urea groups is 1. The van der Waals surface area contributed by atoms with Gasteiger partial charge in [-0.25, -0.2) is 4.79 Å². The highest BCUT2D eigenvalue weighted by atomic mass is 16.2. The fourth-order valence-corrected chi connectivity index (χ4v) is 3.74. The Labute approximate surface area is 166 Å². The van der Waals surface area contributed by atoms with Crippen molar-refractivity contribution in [3.63, 3.8) is 0 Å². The number of anilines is 1. The fraction of sp³-hybridized carbons (Fsp3) is 0.571. The number of nitrogens with zero attached hydrogens (tertiary/aromatic N) is 3. The highest BCUT2D eigenvalue weighted by Crippen LogP contribution is 2.14. The van der Waals surface area contributed by atoms with Crippen LogP contribution in [0.4, 0.5) is 10.5 Å². The van der Waals surface area contributed by atoms with Crippen molar-refractivity contribution in [1.29, 1.82) is 0 Å². The minimum absolute atomic E-state index is 0.0289. The summed E-state index contributed by atoms with van der Waals surface area (Å²) < 4.78 is 0. The van der Waals surface area contributed by atoms with E-state index in [4.69, 9.17) is 0 Å². The summed E-state index contributed by atoms with van der Waals surface area (Å²) in [4.78, 5) is 42.4. The smallest absolute Gasteiger partial charge is 0.321 e. The van der Waals surface area contributed by atoms with E-state index < -0.39 is 0 Å². The summed E-state index contributed by atoms with van der Waals surface area (Å²) in [5, 5.41) is 2.86. The Morgan fingerprint density at radius 1 is 0.893 bits per heavy atom. The van der Waals surface area contributed by atoms with Gasteiger partial charge >= 0.3 is 6.03 Å². The van der Waals surface area contributed by atoms with E-state index in [1.165, 1.54) is 19.8 Å². The topological polar surface area (TPSA) is 73.0 Å². The molecule has 2 heterocycles. The highest BCUT2D eigenvalue weighted by molar-refractivity contribution is 5.96. The van der Waals surface area contributed by atoms with Gasteiger partial charge in [0, 0.05) is 50.5 Å². The second-order valence-electron chi connectivity index (χ2n) is 7.63. The van der Waals surface area contributed by atoms with Crippen molar-refractivity contribution in [2.24, 2.45) is 0 Å². The van der Waals surface area contributed by atoms with Crippen LogP contribution in [0.3, 0.4) is 0 Å². The van der Waals surface area contributed by atoms with Crippen LogP contribution in [0.15, 0.2) is 24.3 Å². The molecular formula is C21H30N4O3. The SMILES string of the molecule is CC(=O)c1cccc(NC(=O)N2CCN(CC(=O)N3CCCCCC3)CC2)c1. The number of carbonyl (C=O) groups is 3. The monoisotopic (exact) mass is 386 g/mol. The van der Waals surface area contributed by atoms with Gasteiger partial charge < -0.3 is 15.1 Å². The molecule has 3 rings (SSSR count). The number of hydrogen-bond donors (Lipinski definition) is 1. The van der Waals surface area contributed by atoms with Crippen molar-refractivity contribution < 1.29 is 14.4 Å². The number of Topliss-reactive ketones (excluding diaryl/α,β-unsaturated/α-hetero) is 1. The largest absolute Gasteiger partial charge is 0.342 e. The van der Waals surface area contributed by atoms with Crippen LogP contribution in [0.25, 0.3) is 0 Å². The third-order valence-corrected chi connectivity index (χ3v) is 5.50. The van der Waals surface area contributed by atoms with Gasteiger partial charge in [-0.15, -0.1) is 0 Å². The van der Waals surface area contributed by atoms with E-state index in [0.29, 0.717) is 44.0 Å². The molecule has 2 fully saturated rings. The Kier molecular flexibility index (Phi) is 7.03. The predicted octanol–water partition coefficient (Wildman–Crippen LogP) is 2.44. The lowest BCUT2D eigenvalue weighted by atomic mass is 10.1. The zero-order valence-electron chi connectivity index (χ0n) is 16.7. The number of carbonyl (C=O) groups excluding carboxylic acids is 3. The molecule has 152 valence electrons. The van der Waals surface area contributed by atoms with Crippen molar-refractivity contribution in [3.05, 3.63) is 29.8 Å². The van der Waals surface area contributed by atoms with Crippen LogP contribution in [0.5, 0.6) is 0 Å². The lowest BCUT2D eigenvalue weighted by Crippen LogP contribution is -2.52. The molecule has 7 heteroatoms.